The van der Waals surface area contributed by atoms with Crippen LogP contribution in [0.15, 0.2) is 25.3 Å². The number of esters is 1. The standard InChI is InChI=1S/C28H43N3O7/c1-6-9-11-21(33)29-16-19(5)37-27(36)22-20-12-13-28(38-20)23(22)25(34)31(18(4)17-32)24(28)26(35)30(14-8-3)15-10-7-2/h6,8,18-20,22-24,32H,1,3,7,9-17H2,2,4-5H3,(H,29,33)/t18-,19-,20-,22+,23+,24-,28+/m1/s1. The molecule has 0 saturated carbocycles. The highest BCUT2D eigenvalue weighted by atomic mass is 16.6. The first-order chi connectivity index (χ1) is 18.2. The van der Waals surface area contributed by atoms with E-state index in [0.717, 1.165) is 12.8 Å². The number of aliphatic hydroxyl groups is 1. The number of carbonyl (C=O) groups is 4. The van der Waals surface area contributed by atoms with E-state index in [1.165, 1.54) is 4.90 Å². The molecule has 0 aliphatic carbocycles. The SMILES string of the molecule is C=CCCC(=O)NC[C@@H](C)OC(=O)[C@@H]1[C@H]2C(=O)N([C@H](C)CO)[C@H](C(=O)N(CC=C)CCCC)[C@]23CC[C@H]1O3. The molecule has 10 nitrogen and oxygen atoms in total. The number of rotatable bonds is 15. The minimum absolute atomic E-state index is 0.145. The number of amides is 3. The second kappa shape index (κ2) is 12.9. The Bertz CT molecular complexity index is 924. The molecule has 0 aromatic heterocycles. The zero-order chi connectivity index (χ0) is 28.0. The topological polar surface area (TPSA) is 125 Å². The molecule has 3 fully saturated rings. The summed E-state index contributed by atoms with van der Waals surface area (Å²) in [5.41, 5.74) is -1.15. The van der Waals surface area contributed by atoms with Crippen LogP contribution in [-0.2, 0) is 28.7 Å². The van der Waals surface area contributed by atoms with Crippen molar-refractivity contribution in [1.82, 2.24) is 15.1 Å². The van der Waals surface area contributed by atoms with Crippen LogP contribution in [0, 0.1) is 11.8 Å². The first-order valence-corrected chi connectivity index (χ1v) is 13.7. The lowest BCUT2D eigenvalue weighted by atomic mass is 9.70. The minimum Gasteiger partial charge on any atom is -0.460 e. The van der Waals surface area contributed by atoms with Crippen LogP contribution in [0.25, 0.3) is 0 Å². The molecule has 0 radical (unpaired) electrons. The van der Waals surface area contributed by atoms with Gasteiger partial charge in [0.05, 0.1) is 37.1 Å². The minimum atomic E-state index is -1.15. The summed E-state index contributed by atoms with van der Waals surface area (Å²) in [4.78, 5) is 56.3. The highest BCUT2D eigenvalue weighted by Crippen LogP contribution is 2.59. The van der Waals surface area contributed by atoms with Crippen LogP contribution in [-0.4, -0.2) is 94.7 Å². The van der Waals surface area contributed by atoms with E-state index in [1.807, 2.05) is 6.92 Å². The second-order valence-corrected chi connectivity index (χ2v) is 10.6. The van der Waals surface area contributed by atoms with Gasteiger partial charge in [0.15, 0.2) is 0 Å². The second-order valence-electron chi connectivity index (χ2n) is 10.6. The van der Waals surface area contributed by atoms with Crippen molar-refractivity contribution in [1.29, 1.82) is 0 Å². The quantitative estimate of drug-likeness (QED) is 0.242. The van der Waals surface area contributed by atoms with Gasteiger partial charge in [0.1, 0.15) is 17.7 Å². The number of likely N-dealkylation sites (tertiary alicyclic amines) is 1. The van der Waals surface area contributed by atoms with E-state index in [-0.39, 0.29) is 30.9 Å². The molecule has 38 heavy (non-hydrogen) atoms. The lowest BCUT2D eigenvalue weighted by Gasteiger charge is -2.38. The third kappa shape index (κ3) is 5.66. The number of hydrogen-bond donors (Lipinski definition) is 2. The van der Waals surface area contributed by atoms with Crippen molar-refractivity contribution in [3.05, 3.63) is 25.3 Å². The van der Waals surface area contributed by atoms with Crippen molar-refractivity contribution >= 4 is 23.7 Å². The first-order valence-electron chi connectivity index (χ1n) is 13.7. The predicted octanol–water partition coefficient (Wildman–Crippen LogP) is 1.57. The number of aliphatic hydroxyl groups excluding tert-OH is 1. The number of allylic oxidation sites excluding steroid dienone is 1. The van der Waals surface area contributed by atoms with E-state index in [1.54, 1.807) is 30.9 Å². The molecule has 3 aliphatic rings. The number of fused-ring (bicyclic) bond motifs is 1. The summed E-state index contributed by atoms with van der Waals surface area (Å²) in [7, 11) is 0. The van der Waals surface area contributed by atoms with Crippen LogP contribution in [0.5, 0.6) is 0 Å². The molecular formula is C28H43N3O7. The molecule has 3 aliphatic heterocycles. The summed E-state index contributed by atoms with van der Waals surface area (Å²) in [6.45, 7) is 13.5. The van der Waals surface area contributed by atoms with Crippen LogP contribution < -0.4 is 5.32 Å². The van der Waals surface area contributed by atoms with Gasteiger partial charge in [-0.1, -0.05) is 25.5 Å². The van der Waals surface area contributed by atoms with Crippen LogP contribution in [0.1, 0.15) is 59.3 Å². The Kier molecular flexibility index (Phi) is 10.1. The van der Waals surface area contributed by atoms with Crippen LogP contribution in [0.4, 0.5) is 0 Å². The van der Waals surface area contributed by atoms with E-state index in [9.17, 15) is 24.3 Å². The van der Waals surface area contributed by atoms with Crippen molar-refractivity contribution in [3.63, 3.8) is 0 Å². The van der Waals surface area contributed by atoms with Crippen molar-refractivity contribution in [2.75, 3.05) is 26.2 Å². The maximum atomic E-state index is 14.0. The molecule has 10 heteroatoms. The highest BCUT2D eigenvalue weighted by molar-refractivity contribution is 5.98. The number of nitrogens with one attached hydrogen (secondary N) is 1. The Labute approximate surface area is 225 Å². The smallest absolute Gasteiger partial charge is 0.312 e. The lowest BCUT2D eigenvalue weighted by molar-refractivity contribution is -0.160. The Morgan fingerprint density at radius 3 is 2.68 bits per heavy atom. The van der Waals surface area contributed by atoms with Gasteiger partial charge in [-0.25, -0.2) is 0 Å². The van der Waals surface area contributed by atoms with Gasteiger partial charge in [0.2, 0.25) is 17.7 Å². The third-order valence-corrected chi connectivity index (χ3v) is 7.91. The van der Waals surface area contributed by atoms with E-state index in [2.05, 4.69) is 18.5 Å². The number of hydrogen-bond acceptors (Lipinski definition) is 7. The van der Waals surface area contributed by atoms with Gasteiger partial charge >= 0.3 is 5.97 Å². The van der Waals surface area contributed by atoms with Gasteiger partial charge in [-0.2, -0.15) is 0 Å². The average molecular weight is 534 g/mol. The molecule has 0 unspecified atom stereocenters. The van der Waals surface area contributed by atoms with Gasteiger partial charge in [-0.3, -0.25) is 19.2 Å². The fraction of sp³-hybridized carbons (Fsp3) is 0.714. The molecule has 1 spiro atoms. The molecule has 3 heterocycles. The van der Waals surface area contributed by atoms with Gasteiger partial charge in [0, 0.05) is 19.5 Å². The van der Waals surface area contributed by atoms with Crippen molar-refractivity contribution in [3.8, 4) is 0 Å². The zero-order valence-corrected chi connectivity index (χ0v) is 22.9. The normalized spacial score (nSPS) is 28.9. The Morgan fingerprint density at radius 1 is 1.32 bits per heavy atom. The molecule has 3 rings (SSSR count). The van der Waals surface area contributed by atoms with Crippen molar-refractivity contribution < 1.29 is 33.8 Å². The fourth-order valence-electron chi connectivity index (χ4n) is 6.07. The number of unbranched alkanes of at least 4 members (excludes halogenated alkanes) is 1. The molecule has 2 N–H and O–H groups in total. The van der Waals surface area contributed by atoms with Crippen molar-refractivity contribution in [2.45, 2.75) is 89.2 Å². The van der Waals surface area contributed by atoms with E-state index < -0.39 is 47.7 Å². The van der Waals surface area contributed by atoms with Crippen LogP contribution in [0.2, 0.25) is 0 Å². The Morgan fingerprint density at radius 2 is 2.05 bits per heavy atom. The molecule has 3 amide bonds. The third-order valence-electron chi connectivity index (χ3n) is 7.91. The van der Waals surface area contributed by atoms with Gasteiger partial charge in [-0.05, 0) is 39.5 Å². The Balaban J connectivity index is 1.83. The first kappa shape index (κ1) is 29.8. The summed E-state index contributed by atoms with van der Waals surface area (Å²) < 4.78 is 12.1. The summed E-state index contributed by atoms with van der Waals surface area (Å²) >= 11 is 0. The highest BCUT2D eigenvalue weighted by Gasteiger charge is 2.75. The summed E-state index contributed by atoms with van der Waals surface area (Å²) in [6, 6.07) is -1.57. The average Bonchev–Trinajstić information content (AvgIpc) is 3.55. The lowest BCUT2D eigenvalue weighted by Crippen LogP contribution is -2.58. The number of ether oxygens (including phenoxy) is 2. The largest absolute Gasteiger partial charge is 0.460 e. The van der Waals surface area contributed by atoms with Crippen LogP contribution >= 0.6 is 0 Å². The fourth-order valence-corrected chi connectivity index (χ4v) is 6.07. The summed E-state index contributed by atoms with van der Waals surface area (Å²) in [5, 5.41) is 12.7. The van der Waals surface area contributed by atoms with Gasteiger partial charge in [-0.15, -0.1) is 13.2 Å². The van der Waals surface area contributed by atoms with Gasteiger partial charge < -0.3 is 29.7 Å². The van der Waals surface area contributed by atoms with Crippen molar-refractivity contribution in [2.24, 2.45) is 11.8 Å². The summed E-state index contributed by atoms with van der Waals surface area (Å²) in [5.74, 6) is -3.08. The monoisotopic (exact) mass is 533 g/mol. The summed E-state index contributed by atoms with van der Waals surface area (Å²) in [6.07, 6.45) is 5.72. The van der Waals surface area contributed by atoms with Crippen LogP contribution in [0.3, 0.4) is 0 Å². The number of carbonyl (C=O) groups excluding carboxylic acids is 4. The molecular weight excluding hydrogens is 490 g/mol. The number of nitrogens with zero attached hydrogens (tertiary/aromatic N) is 2. The van der Waals surface area contributed by atoms with Gasteiger partial charge in [0.25, 0.3) is 0 Å². The molecule has 0 aromatic rings. The maximum absolute atomic E-state index is 14.0. The maximum Gasteiger partial charge on any atom is 0.312 e. The molecule has 3 saturated heterocycles. The Hall–Kier alpha value is -2.72. The van der Waals surface area contributed by atoms with E-state index in [4.69, 9.17) is 9.47 Å². The van der Waals surface area contributed by atoms with E-state index in [0.29, 0.717) is 38.8 Å². The predicted molar refractivity (Wildman–Crippen MR) is 141 cm³/mol. The van der Waals surface area contributed by atoms with E-state index >= 15 is 0 Å². The molecule has 212 valence electrons. The molecule has 7 atom stereocenters. The molecule has 0 aromatic carbocycles. The zero-order valence-electron chi connectivity index (χ0n) is 22.9. The molecule has 2 bridgehead atoms.